The van der Waals surface area contributed by atoms with Crippen molar-refractivity contribution in [2.75, 3.05) is 6.54 Å². The summed E-state index contributed by atoms with van der Waals surface area (Å²) in [5.74, 6) is -0.359. The molecule has 10 heteroatoms. The van der Waals surface area contributed by atoms with Crippen LogP contribution in [-0.4, -0.2) is 58.2 Å². The molecule has 2 aromatic carbocycles. The molecule has 40 heavy (non-hydrogen) atoms. The number of nitrogens with zero attached hydrogens (tertiary/aromatic N) is 1. The van der Waals surface area contributed by atoms with Gasteiger partial charge in [-0.2, -0.15) is 0 Å². The van der Waals surface area contributed by atoms with Gasteiger partial charge in [0.25, 0.3) is 0 Å². The maximum Gasteiger partial charge on any atom is 0.496 e. The van der Waals surface area contributed by atoms with Gasteiger partial charge in [0.2, 0.25) is 0 Å². The Bertz CT molecular complexity index is 1310. The first-order valence-corrected chi connectivity index (χ1v) is 14.1. The van der Waals surface area contributed by atoms with Crippen molar-refractivity contribution in [3.63, 3.8) is 0 Å². The number of likely N-dealkylation sites (tertiary alicyclic amines) is 1. The topological polar surface area (TPSA) is 77.5 Å². The Morgan fingerprint density at radius 3 is 2.30 bits per heavy atom. The van der Waals surface area contributed by atoms with Crippen molar-refractivity contribution in [2.45, 2.75) is 102 Å². The number of carbonyl (C=O) groups is 1. The Morgan fingerprint density at radius 1 is 1.12 bits per heavy atom. The lowest BCUT2D eigenvalue weighted by molar-refractivity contribution is -0.0216. The fourth-order valence-corrected chi connectivity index (χ4v) is 6.15. The van der Waals surface area contributed by atoms with Crippen LogP contribution in [0.2, 0.25) is 5.02 Å². The lowest BCUT2D eigenvalue weighted by Crippen LogP contribution is -2.53. The van der Waals surface area contributed by atoms with E-state index in [1.807, 2.05) is 58.0 Å². The molecular weight excluding hydrogens is 536 g/mol. The second-order valence-corrected chi connectivity index (χ2v) is 13.9. The highest BCUT2D eigenvalue weighted by Gasteiger charge is 2.60. The van der Waals surface area contributed by atoms with E-state index in [-0.39, 0.29) is 24.4 Å². The van der Waals surface area contributed by atoms with Gasteiger partial charge in [0.05, 0.1) is 34.4 Å². The largest absolute Gasteiger partial charge is 0.496 e. The van der Waals surface area contributed by atoms with Crippen molar-refractivity contribution in [3.05, 3.63) is 58.4 Å². The summed E-state index contributed by atoms with van der Waals surface area (Å²) >= 11 is 6.62. The highest BCUT2D eigenvalue weighted by atomic mass is 35.5. The normalized spacial score (nSPS) is 28.9. The molecule has 3 heterocycles. The van der Waals surface area contributed by atoms with Crippen LogP contribution in [0.25, 0.3) is 0 Å². The molecule has 2 saturated heterocycles. The Kier molecular flexibility index (Phi) is 6.82. The molecule has 1 unspecified atom stereocenters. The lowest BCUT2D eigenvalue weighted by Gasteiger charge is -2.40. The van der Waals surface area contributed by atoms with E-state index in [2.05, 4.69) is 0 Å². The lowest BCUT2D eigenvalue weighted by atomic mass is 9.72. The molecule has 3 atom stereocenters. The maximum absolute atomic E-state index is 15.4. The van der Waals surface area contributed by atoms with Gasteiger partial charge >= 0.3 is 13.2 Å². The van der Waals surface area contributed by atoms with Gasteiger partial charge < -0.3 is 23.9 Å². The van der Waals surface area contributed by atoms with E-state index in [1.54, 1.807) is 27.7 Å². The third-order valence-electron chi connectivity index (χ3n) is 8.50. The van der Waals surface area contributed by atoms with Crippen LogP contribution in [0.4, 0.5) is 9.18 Å². The van der Waals surface area contributed by atoms with Crippen LogP contribution in [-0.2, 0) is 26.1 Å². The molecule has 7 nitrogen and oxygen atoms in total. The van der Waals surface area contributed by atoms with Crippen LogP contribution >= 0.6 is 11.6 Å². The fourth-order valence-electron chi connectivity index (χ4n) is 5.89. The number of aliphatic hydroxyl groups is 1. The van der Waals surface area contributed by atoms with Crippen molar-refractivity contribution in [2.24, 2.45) is 0 Å². The first-order chi connectivity index (χ1) is 18.4. The molecule has 1 N–H and O–H groups in total. The van der Waals surface area contributed by atoms with Crippen molar-refractivity contribution in [1.82, 2.24) is 4.90 Å². The molecule has 0 radical (unpaired) electrons. The van der Waals surface area contributed by atoms with Gasteiger partial charge in [-0.15, -0.1) is 0 Å². The molecule has 2 aromatic rings. The van der Waals surface area contributed by atoms with Crippen LogP contribution < -0.4 is 10.2 Å². The summed E-state index contributed by atoms with van der Waals surface area (Å²) in [5, 5.41) is 11.1. The number of halogens is 2. The number of amides is 1. The molecule has 216 valence electrons. The number of benzene rings is 2. The van der Waals surface area contributed by atoms with Crippen molar-refractivity contribution in [1.29, 1.82) is 0 Å². The highest BCUT2D eigenvalue weighted by Crippen LogP contribution is 2.50. The number of β-amino-alcohol motifs (C(OH)–C–C–N with tert-alkyl or cyclic N) is 1. The molecule has 0 aromatic heterocycles. The number of hydrogen-bond acceptors (Lipinski definition) is 6. The predicted molar refractivity (Wildman–Crippen MR) is 152 cm³/mol. The van der Waals surface area contributed by atoms with Gasteiger partial charge in [-0.25, -0.2) is 9.18 Å². The third kappa shape index (κ3) is 4.89. The van der Waals surface area contributed by atoms with E-state index in [0.717, 1.165) is 5.56 Å². The zero-order valence-electron chi connectivity index (χ0n) is 24.4. The van der Waals surface area contributed by atoms with E-state index < -0.39 is 53.1 Å². The van der Waals surface area contributed by atoms with Gasteiger partial charge in [-0.3, -0.25) is 4.90 Å². The average Bonchev–Trinajstić information content (AvgIpc) is 3.43. The number of rotatable bonds is 3. The first kappa shape index (κ1) is 29.2. The Hall–Kier alpha value is -2.33. The number of ether oxygens (including phenoxy) is 2. The Balaban J connectivity index is 1.65. The van der Waals surface area contributed by atoms with Gasteiger partial charge in [0.1, 0.15) is 17.2 Å². The predicted octanol–water partition coefficient (Wildman–Crippen LogP) is 5.37. The maximum atomic E-state index is 15.4. The molecule has 0 saturated carbocycles. The smallest absolute Gasteiger partial charge is 0.480 e. The van der Waals surface area contributed by atoms with E-state index >= 15 is 4.39 Å². The van der Waals surface area contributed by atoms with E-state index in [4.69, 9.17) is 30.4 Å². The molecular formula is C30H38BClFNO6. The monoisotopic (exact) mass is 573 g/mol. The van der Waals surface area contributed by atoms with E-state index in [1.165, 1.54) is 11.0 Å². The summed E-state index contributed by atoms with van der Waals surface area (Å²) in [4.78, 5) is 15.0. The second kappa shape index (κ2) is 9.34. The van der Waals surface area contributed by atoms with Crippen LogP contribution in [0.1, 0.15) is 72.9 Å². The number of hydrogen-bond donors (Lipinski definition) is 1. The minimum atomic E-state index is -1.20. The summed E-state index contributed by atoms with van der Waals surface area (Å²) < 4.78 is 40.5. The summed E-state index contributed by atoms with van der Waals surface area (Å²) in [5.41, 5.74) is -2.65. The van der Waals surface area contributed by atoms with Gasteiger partial charge in [0.15, 0.2) is 5.60 Å². The Morgan fingerprint density at radius 2 is 1.73 bits per heavy atom. The molecule has 0 spiro atoms. The first-order valence-electron chi connectivity index (χ1n) is 13.7. The van der Waals surface area contributed by atoms with Crippen LogP contribution in [0.5, 0.6) is 5.75 Å². The second-order valence-electron chi connectivity index (χ2n) is 13.5. The van der Waals surface area contributed by atoms with E-state index in [0.29, 0.717) is 16.8 Å². The molecule has 3 aliphatic rings. The molecule has 0 aliphatic carbocycles. The average molecular weight is 574 g/mol. The van der Waals surface area contributed by atoms with E-state index in [9.17, 15) is 9.90 Å². The SMILES string of the molecule is CC1(O)C[C@@H]([C@@]2(c3ccccc3)Cc3c(cc(F)c(Cl)c3B3OC(C)(C)C(C)(C)O3)O2)N(C(=O)OC(C)(C)C)C1. The van der Waals surface area contributed by atoms with Gasteiger partial charge in [0, 0.05) is 29.9 Å². The summed E-state index contributed by atoms with van der Waals surface area (Å²) in [6.45, 7) is 14.8. The number of carbonyl (C=O) groups excluding carboxylic acids is 1. The minimum absolute atomic E-state index is 0.0556. The minimum Gasteiger partial charge on any atom is -0.480 e. The van der Waals surface area contributed by atoms with Crippen molar-refractivity contribution >= 4 is 30.3 Å². The highest BCUT2D eigenvalue weighted by molar-refractivity contribution is 6.66. The van der Waals surface area contributed by atoms with Gasteiger partial charge in [-0.05, 0) is 61.0 Å². The van der Waals surface area contributed by atoms with Crippen LogP contribution in [0.15, 0.2) is 36.4 Å². The quantitative estimate of drug-likeness (QED) is 0.498. The summed E-state index contributed by atoms with van der Waals surface area (Å²) in [6, 6.07) is 10.1. The summed E-state index contributed by atoms with van der Waals surface area (Å²) in [7, 11) is -0.925. The fraction of sp³-hybridized carbons (Fsp3) is 0.567. The molecule has 1 amide bonds. The molecule has 5 rings (SSSR count). The summed E-state index contributed by atoms with van der Waals surface area (Å²) in [6.07, 6.45) is -0.0938. The third-order valence-corrected chi connectivity index (χ3v) is 8.88. The van der Waals surface area contributed by atoms with Crippen molar-refractivity contribution in [3.8, 4) is 5.75 Å². The zero-order chi connectivity index (χ0) is 29.5. The Labute approximate surface area is 241 Å². The molecule has 2 fully saturated rings. The van der Waals surface area contributed by atoms with Gasteiger partial charge in [-0.1, -0.05) is 41.9 Å². The number of fused-ring (bicyclic) bond motifs is 1. The van der Waals surface area contributed by atoms with Crippen LogP contribution in [0, 0.1) is 5.82 Å². The molecule has 0 bridgehead atoms. The zero-order valence-corrected chi connectivity index (χ0v) is 25.2. The molecule has 3 aliphatic heterocycles. The van der Waals surface area contributed by atoms with Crippen molar-refractivity contribution < 1.29 is 33.1 Å². The standard InChI is InChI=1S/C30H38BClFNO6/c1-26(2,3)38-25(35)34-17-29(8,36)16-22(34)30(18-12-10-9-11-13-18)15-19-21(37-30)14-20(33)24(32)23(19)31-39-27(4,5)28(6,7)40-31/h9-14,22,36H,15-17H2,1-8H3/t22-,29?,30-/m0/s1. The van der Waals surface area contributed by atoms with Crippen LogP contribution in [0.3, 0.4) is 0 Å².